The van der Waals surface area contributed by atoms with Crippen LogP contribution < -0.4 is 11.1 Å². The van der Waals surface area contributed by atoms with Gasteiger partial charge in [-0.2, -0.15) is 0 Å². The largest absolute Gasteiger partial charge is 0.508 e. The van der Waals surface area contributed by atoms with Crippen molar-refractivity contribution < 1.29 is 44.7 Å². The molecule has 6 atom stereocenters. The zero-order valence-corrected chi connectivity index (χ0v) is 21.5. The number of Topliss-reactive ketones (excluding diaryl/α,β-unsaturated/α-hetero) is 2. The van der Waals surface area contributed by atoms with Gasteiger partial charge in [-0.3, -0.25) is 24.1 Å². The normalized spacial score (nSPS) is 30.8. The van der Waals surface area contributed by atoms with E-state index in [1.54, 1.807) is 20.8 Å². The smallest absolute Gasteiger partial charge is 0.255 e. The average Bonchev–Trinajstić information content (AvgIpc) is 2.82. The molecule has 0 aromatic heterocycles. The number of fused-ring (bicyclic) bond motifs is 3. The third kappa shape index (κ3) is 3.47. The van der Waals surface area contributed by atoms with Crippen molar-refractivity contribution in [1.82, 2.24) is 4.90 Å². The maximum Gasteiger partial charge on any atom is 0.255 e. The lowest BCUT2D eigenvalue weighted by atomic mass is 9.54. The number of aliphatic hydroxyl groups excluding tert-OH is 3. The lowest BCUT2D eigenvalue weighted by molar-refractivity contribution is -0.169. The van der Waals surface area contributed by atoms with Crippen LogP contribution in [0.4, 0.5) is 5.69 Å². The standard InChI is InChI=1S/C26H31N3O9/c1-8(2)25(37)28-11-7-6-10-9(3)12-14(19(31)13(10)18(11)30)22(34)26(38)16(20(12)32)17(29(4)5)21(33)15(23(26)35)24(27)36/h6-9,12,16-17,20,30-32,35,38H,1-5H3,(H2,27,36)(H,28,37)/t9-,12?,16+,17-,20-,26-/m0/s1. The molecule has 3 aliphatic carbocycles. The summed E-state index contributed by atoms with van der Waals surface area (Å²) in [6.45, 7) is 4.92. The fraction of sp³-hybridized carbons (Fsp3) is 0.462. The van der Waals surface area contributed by atoms with E-state index in [1.807, 2.05) is 0 Å². The molecule has 0 aliphatic heterocycles. The second kappa shape index (κ2) is 8.93. The van der Waals surface area contributed by atoms with Gasteiger partial charge in [-0.05, 0) is 31.6 Å². The Morgan fingerprint density at radius 1 is 1.13 bits per heavy atom. The van der Waals surface area contributed by atoms with Gasteiger partial charge in [-0.25, -0.2) is 0 Å². The Hall–Kier alpha value is -3.74. The molecule has 3 aliphatic rings. The molecule has 1 aromatic carbocycles. The van der Waals surface area contributed by atoms with Gasteiger partial charge in [0.05, 0.1) is 29.3 Å². The van der Waals surface area contributed by atoms with E-state index in [0.29, 0.717) is 5.56 Å². The molecule has 1 saturated carbocycles. The van der Waals surface area contributed by atoms with Crippen molar-refractivity contribution in [3.63, 3.8) is 0 Å². The second-order valence-electron chi connectivity index (χ2n) is 10.6. The van der Waals surface area contributed by atoms with Crippen LogP contribution in [0.1, 0.15) is 37.8 Å². The second-order valence-corrected chi connectivity index (χ2v) is 10.6. The summed E-state index contributed by atoms with van der Waals surface area (Å²) in [4.78, 5) is 52.7. The van der Waals surface area contributed by atoms with Crippen LogP contribution in [0.25, 0.3) is 5.76 Å². The van der Waals surface area contributed by atoms with Crippen LogP contribution in [0.3, 0.4) is 0 Å². The molecule has 204 valence electrons. The van der Waals surface area contributed by atoms with Crippen LogP contribution in [0.2, 0.25) is 0 Å². The molecule has 8 N–H and O–H groups in total. The first kappa shape index (κ1) is 27.3. The molecule has 2 amide bonds. The van der Waals surface area contributed by atoms with Crippen molar-refractivity contribution in [1.29, 1.82) is 0 Å². The summed E-state index contributed by atoms with van der Waals surface area (Å²) in [6, 6.07) is 1.53. The van der Waals surface area contributed by atoms with Crippen LogP contribution in [-0.2, 0) is 19.2 Å². The Bertz CT molecular complexity index is 1350. The minimum absolute atomic E-state index is 0.0321. The number of hydrogen-bond donors (Lipinski definition) is 7. The molecule has 0 saturated heterocycles. The molecule has 4 rings (SSSR count). The zero-order valence-electron chi connectivity index (χ0n) is 21.5. The molecule has 0 bridgehead atoms. The highest BCUT2D eigenvalue weighted by molar-refractivity contribution is 6.24. The maximum atomic E-state index is 13.9. The number of benzene rings is 1. The molecule has 1 aromatic rings. The van der Waals surface area contributed by atoms with E-state index in [1.165, 1.54) is 31.1 Å². The van der Waals surface area contributed by atoms with E-state index in [0.717, 1.165) is 0 Å². The van der Waals surface area contributed by atoms with E-state index in [2.05, 4.69) is 5.32 Å². The van der Waals surface area contributed by atoms with Gasteiger partial charge in [-0.1, -0.05) is 26.8 Å². The molecule has 12 nitrogen and oxygen atoms in total. The number of nitrogens with one attached hydrogen (secondary N) is 1. The number of phenolic OH excluding ortho intramolecular Hbond substituents is 1. The molecule has 0 heterocycles. The minimum Gasteiger partial charge on any atom is -0.508 e. The SMILES string of the molecule is CC(C)C(=O)Nc1ccc2c(c1O)C(O)=C1C(=O)[C@]3(O)C(O)=C(C(N)=O)C(=O)[C@@H](N(C)C)[C@@H]3[C@@H](O)C1[C@H]2C. The number of hydrogen-bond acceptors (Lipinski definition) is 10. The van der Waals surface area contributed by atoms with Crippen molar-refractivity contribution in [2.45, 2.75) is 44.4 Å². The number of rotatable bonds is 4. The number of phenols is 1. The first-order valence-electron chi connectivity index (χ1n) is 12.1. The van der Waals surface area contributed by atoms with Gasteiger partial charge >= 0.3 is 0 Å². The zero-order chi connectivity index (χ0) is 28.6. The highest BCUT2D eigenvalue weighted by Crippen LogP contribution is 2.56. The monoisotopic (exact) mass is 529 g/mol. The Morgan fingerprint density at radius 3 is 2.26 bits per heavy atom. The fourth-order valence-corrected chi connectivity index (χ4v) is 5.99. The van der Waals surface area contributed by atoms with Gasteiger partial charge in [-0.15, -0.1) is 0 Å². The molecule has 1 unspecified atom stereocenters. The van der Waals surface area contributed by atoms with Crippen LogP contribution in [-0.4, -0.2) is 85.7 Å². The number of carbonyl (C=O) groups is 4. The predicted octanol–water partition coefficient (Wildman–Crippen LogP) is 0.0903. The minimum atomic E-state index is -2.98. The van der Waals surface area contributed by atoms with Gasteiger partial charge < -0.3 is 36.6 Å². The number of nitrogens with two attached hydrogens (primary N) is 1. The third-order valence-electron chi connectivity index (χ3n) is 7.91. The highest BCUT2D eigenvalue weighted by atomic mass is 16.4. The Morgan fingerprint density at radius 2 is 1.74 bits per heavy atom. The van der Waals surface area contributed by atoms with Crippen molar-refractivity contribution in [2.24, 2.45) is 23.5 Å². The number of aromatic hydroxyl groups is 1. The van der Waals surface area contributed by atoms with Crippen LogP contribution in [0.15, 0.2) is 29.0 Å². The molecular weight excluding hydrogens is 498 g/mol. The van der Waals surface area contributed by atoms with E-state index in [4.69, 9.17) is 5.73 Å². The van der Waals surface area contributed by atoms with E-state index < -0.39 is 93.2 Å². The molecule has 38 heavy (non-hydrogen) atoms. The van der Waals surface area contributed by atoms with Gasteiger partial charge in [0.15, 0.2) is 11.4 Å². The lowest BCUT2D eigenvalue weighted by Crippen LogP contribution is -2.70. The number of ketones is 2. The summed E-state index contributed by atoms with van der Waals surface area (Å²) in [7, 11) is 2.88. The maximum absolute atomic E-state index is 13.9. The van der Waals surface area contributed by atoms with Gasteiger partial charge in [0.25, 0.3) is 5.91 Å². The average molecular weight is 530 g/mol. The Balaban J connectivity index is 1.99. The van der Waals surface area contributed by atoms with E-state index in [9.17, 15) is 44.7 Å². The Kier molecular flexibility index (Phi) is 6.41. The summed E-state index contributed by atoms with van der Waals surface area (Å²) in [5.41, 5.74) is 0.959. The topological polar surface area (TPSA) is 211 Å². The summed E-state index contributed by atoms with van der Waals surface area (Å²) < 4.78 is 0. The third-order valence-corrected chi connectivity index (χ3v) is 7.91. The molecule has 0 radical (unpaired) electrons. The van der Waals surface area contributed by atoms with Crippen molar-refractivity contribution in [2.75, 3.05) is 19.4 Å². The first-order valence-corrected chi connectivity index (χ1v) is 12.1. The van der Waals surface area contributed by atoms with Crippen molar-refractivity contribution >= 4 is 34.8 Å². The van der Waals surface area contributed by atoms with Gasteiger partial charge in [0.1, 0.15) is 22.8 Å². The summed E-state index contributed by atoms with van der Waals surface area (Å²) in [5.74, 6) is -10.6. The molecule has 0 spiro atoms. The Labute approximate surface area is 218 Å². The molecule has 12 heteroatoms. The van der Waals surface area contributed by atoms with Crippen molar-refractivity contribution in [3.8, 4) is 5.75 Å². The number of carbonyl (C=O) groups excluding carboxylic acids is 4. The number of anilines is 1. The quantitative estimate of drug-likeness (QED) is 0.206. The van der Waals surface area contributed by atoms with Crippen LogP contribution in [0, 0.1) is 17.8 Å². The highest BCUT2D eigenvalue weighted by Gasteiger charge is 2.68. The van der Waals surface area contributed by atoms with Crippen LogP contribution in [0.5, 0.6) is 5.75 Å². The number of aliphatic hydroxyl groups is 4. The number of amides is 2. The lowest BCUT2D eigenvalue weighted by Gasteiger charge is -2.53. The summed E-state index contributed by atoms with van der Waals surface area (Å²) >= 11 is 0. The molecular formula is C26H31N3O9. The predicted molar refractivity (Wildman–Crippen MR) is 134 cm³/mol. The van der Waals surface area contributed by atoms with Crippen LogP contribution >= 0.6 is 0 Å². The fourth-order valence-electron chi connectivity index (χ4n) is 5.99. The van der Waals surface area contributed by atoms with Gasteiger partial charge in [0, 0.05) is 17.4 Å². The summed E-state index contributed by atoms with van der Waals surface area (Å²) in [6.07, 6.45) is -1.67. The van der Waals surface area contributed by atoms with E-state index in [-0.39, 0.29) is 11.3 Å². The number of likely N-dealkylation sites (N-methyl/N-ethyl adjacent to an activating group) is 1. The van der Waals surface area contributed by atoms with Gasteiger partial charge in [0.2, 0.25) is 11.7 Å². The first-order chi connectivity index (χ1) is 17.6. The van der Waals surface area contributed by atoms with Crippen molar-refractivity contribution in [3.05, 3.63) is 40.2 Å². The summed E-state index contributed by atoms with van der Waals surface area (Å²) in [5, 5.41) is 59.0. The van der Waals surface area contributed by atoms with E-state index >= 15 is 0 Å². The number of nitrogens with zero attached hydrogens (tertiary/aromatic N) is 1. The number of primary amides is 1. The molecule has 1 fully saturated rings.